The minimum atomic E-state index is -3.08. The van der Waals surface area contributed by atoms with Crippen molar-refractivity contribution in [1.29, 1.82) is 0 Å². The molecule has 0 aromatic carbocycles. The zero-order valence-electron chi connectivity index (χ0n) is 3.95. The highest BCUT2D eigenvalue weighted by atomic mass is 19.5. The van der Waals surface area contributed by atoms with E-state index in [-0.39, 0.29) is 0 Å². The molecule has 0 aliphatic heterocycles. The Morgan fingerprint density at radius 3 is 1.50 bits per heavy atom. The third kappa shape index (κ3) is 153. The van der Waals surface area contributed by atoms with Gasteiger partial charge in [-0.2, -0.15) is 0 Å². The molecule has 0 aromatic heterocycles. The number of halogens is 3. The Kier molecular flexibility index (Phi) is 7.97. The Morgan fingerprint density at radius 1 is 1.50 bits per heavy atom. The van der Waals surface area contributed by atoms with E-state index in [4.69, 9.17) is 9.90 Å². The van der Waals surface area contributed by atoms with Gasteiger partial charge in [0, 0.05) is 5.97 Å². The van der Waals surface area contributed by atoms with E-state index in [1.165, 1.54) is 0 Å². The molecule has 0 atom stereocenters. The Bertz CT molecular complexity index is 59.5. The number of hydrogen-bond acceptors (Lipinski definition) is 2. The van der Waals surface area contributed by atoms with Crippen LogP contribution in [0.25, 0.3) is 0 Å². The smallest absolute Gasteiger partial charge is 0.232 e. The maximum Gasteiger partial charge on any atom is 0.232 e. The zero-order chi connectivity index (χ0) is 7.15. The Hall–Kier alpha value is -0.780. The molecule has 0 spiro atoms. The summed E-state index contributed by atoms with van der Waals surface area (Å²) < 4.78 is 28.8. The lowest BCUT2D eigenvalue weighted by molar-refractivity contribution is -1.26. The van der Waals surface area contributed by atoms with Gasteiger partial charge in [0.05, 0.1) is 13.4 Å². The van der Waals surface area contributed by atoms with Crippen LogP contribution in [0.15, 0.2) is 0 Å². The number of carboxylic acids is 1. The number of carbonyl (C=O) groups excluding carboxylic acids is 1. The number of hydrogen-bond donors (Lipinski definition) is 1. The summed E-state index contributed by atoms with van der Waals surface area (Å²) in [4.78, 5) is 8.89. The van der Waals surface area contributed by atoms with Crippen molar-refractivity contribution < 1.29 is 28.9 Å². The predicted molar refractivity (Wildman–Crippen MR) is 15.0 cm³/mol. The second-order valence-corrected chi connectivity index (χ2v) is 0.706. The minimum absolute atomic E-state index is 0.972. The van der Waals surface area contributed by atoms with Gasteiger partial charge in [0.25, 0.3) is 0 Å². The molecule has 0 saturated carbocycles. The van der Waals surface area contributed by atoms with Crippen LogP contribution in [0, 0.1) is 0 Å². The predicted octanol–water partition coefficient (Wildman–Crippen LogP) is -1.72. The van der Waals surface area contributed by atoms with E-state index in [0.717, 1.165) is 6.92 Å². The van der Waals surface area contributed by atoms with Crippen molar-refractivity contribution in [2.45, 2.75) is 6.92 Å². The summed E-state index contributed by atoms with van der Waals surface area (Å²) in [5.74, 6) is -1.08. The van der Waals surface area contributed by atoms with E-state index in [1.54, 1.807) is 0 Å². The van der Waals surface area contributed by atoms with Crippen molar-refractivity contribution in [2.24, 2.45) is 0 Å². The highest BCUT2D eigenvalue weighted by Gasteiger charge is 1.89. The number of nitrogens with one attached hydrogen (secondary N) is 1. The molecular formula is C2H4F3NO2. The molecule has 6 heteroatoms. The summed E-state index contributed by atoms with van der Waals surface area (Å²) in [7, 11) is 0. The lowest BCUT2D eigenvalue weighted by Gasteiger charge is -1.77. The summed E-state index contributed by atoms with van der Waals surface area (Å²) in [6.45, 7) is 0.972. The van der Waals surface area contributed by atoms with Crippen LogP contribution in [0.1, 0.15) is 6.92 Å². The fourth-order valence-electron chi connectivity index (χ4n) is 0. The molecule has 0 heterocycles. The van der Waals surface area contributed by atoms with Crippen molar-refractivity contribution in [3.05, 3.63) is 0 Å². The van der Waals surface area contributed by atoms with E-state index in [1.807, 2.05) is 0 Å². The largest absolute Gasteiger partial charge is 0.550 e. The maximum absolute atomic E-state index is 9.58. The lowest BCUT2D eigenvalue weighted by atomic mass is 10.9. The van der Waals surface area contributed by atoms with Gasteiger partial charge in [0.1, 0.15) is 0 Å². The fourth-order valence-corrected chi connectivity index (χ4v) is 0. The van der Waals surface area contributed by atoms with Gasteiger partial charge in [0.2, 0.25) is 5.57 Å². The fraction of sp³-hybridized carbons (Fsp3) is 0.500. The van der Waals surface area contributed by atoms with Crippen LogP contribution >= 0.6 is 0 Å². The number of carbonyl (C=O) groups is 1. The maximum atomic E-state index is 9.58. The molecule has 0 bridgehead atoms. The molecule has 0 fully saturated rings. The van der Waals surface area contributed by atoms with Gasteiger partial charge >= 0.3 is 0 Å². The van der Waals surface area contributed by atoms with E-state index >= 15 is 0 Å². The van der Waals surface area contributed by atoms with Gasteiger partial charge in [-0.15, -0.1) is 0 Å². The second-order valence-electron chi connectivity index (χ2n) is 0.706. The van der Waals surface area contributed by atoms with Gasteiger partial charge in [-0.3, -0.25) is 0 Å². The summed E-state index contributed by atoms with van der Waals surface area (Å²) >= 11 is 0. The molecule has 0 rings (SSSR count). The molecular weight excluding hydrogens is 127 g/mol. The molecule has 0 aliphatic carbocycles. The highest BCUT2D eigenvalue weighted by molar-refractivity contribution is 5.60. The number of quaternary nitrogens is 1. The van der Waals surface area contributed by atoms with Crippen LogP contribution in [-0.2, 0) is 4.79 Å². The molecule has 8 heavy (non-hydrogen) atoms. The molecule has 3 nitrogen and oxygen atoms in total. The molecule has 50 valence electrons. The lowest BCUT2D eigenvalue weighted by Crippen LogP contribution is -2.86. The number of aliphatic carboxylic acids is 1. The average molecular weight is 131 g/mol. The van der Waals surface area contributed by atoms with Crippen molar-refractivity contribution >= 4 is 5.97 Å². The van der Waals surface area contributed by atoms with E-state index in [0.29, 0.717) is 0 Å². The standard InChI is InChI=1S/C2H4O2.F3HN/c1-2(3)4;1-4(2)3/h1H3,(H,3,4);4H/q;+1/p-1. The van der Waals surface area contributed by atoms with Crippen LogP contribution < -0.4 is 10.7 Å². The molecule has 0 saturated heterocycles. The van der Waals surface area contributed by atoms with E-state index < -0.39 is 11.5 Å². The van der Waals surface area contributed by atoms with Gasteiger partial charge in [0.15, 0.2) is 0 Å². The van der Waals surface area contributed by atoms with Crippen LogP contribution in [0.4, 0.5) is 13.4 Å². The SMILES string of the molecule is CC(=O)[O-].F[NH+](F)F. The monoisotopic (exact) mass is 131 g/mol. The summed E-state index contributed by atoms with van der Waals surface area (Å²) in [6.07, 6.45) is 0. The Labute approximate surface area is 43.1 Å². The van der Waals surface area contributed by atoms with Crippen molar-refractivity contribution in [3.8, 4) is 0 Å². The molecule has 0 aromatic rings. The Balaban J connectivity index is 0. The van der Waals surface area contributed by atoms with Gasteiger partial charge in [-0.1, -0.05) is 0 Å². The summed E-state index contributed by atoms with van der Waals surface area (Å²) in [5.41, 5.74) is -3.08. The first-order valence-electron chi connectivity index (χ1n) is 1.48. The third-order valence-corrected chi connectivity index (χ3v) is 0. The zero-order valence-corrected chi connectivity index (χ0v) is 3.95. The summed E-state index contributed by atoms with van der Waals surface area (Å²) in [6, 6.07) is 0. The molecule has 0 aliphatic rings. The van der Waals surface area contributed by atoms with Gasteiger partial charge < -0.3 is 9.90 Å². The first-order valence-corrected chi connectivity index (χ1v) is 1.48. The van der Waals surface area contributed by atoms with Crippen molar-refractivity contribution in [2.75, 3.05) is 0 Å². The van der Waals surface area contributed by atoms with Crippen LogP contribution in [0.3, 0.4) is 0 Å². The topological polar surface area (TPSA) is 44.6 Å². The second kappa shape index (κ2) is 6.22. The first-order chi connectivity index (χ1) is 3.46. The van der Waals surface area contributed by atoms with E-state index in [9.17, 15) is 13.4 Å². The van der Waals surface area contributed by atoms with Crippen LogP contribution in [0.2, 0.25) is 0 Å². The Morgan fingerprint density at radius 2 is 1.50 bits per heavy atom. The first kappa shape index (κ1) is 10.3. The third-order valence-electron chi connectivity index (χ3n) is 0. The molecule has 0 amide bonds. The number of rotatable bonds is 0. The van der Waals surface area contributed by atoms with Gasteiger partial charge in [-0.05, 0) is 6.92 Å². The van der Waals surface area contributed by atoms with Crippen molar-refractivity contribution in [1.82, 2.24) is 0 Å². The minimum Gasteiger partial charge on any atom is -0.550 e. The van der Waals surface area contributed by atoms with Crippen molar-refractivity contribution in [3.63, 3.8) is 0 Å². The summed E-state index contributed by atoms with van der Waals surface area (Å²) in [5, 5.41) is 8.89. The van der Waals surface area contributed by atoms with Gasteiger partial charge in [-0.25, -0.2) is 0 Å². The normalized spacial score (nSPS) is 7.62. The molecule has 0 unspecified atom stereocenters. The quantitative estimate of drug-likeness (QED) is 0.397. The van der Waals surface area contributed by atoms with Crippen LogP contribution in [-0.4, -0.2) is 5.97 Å². The average Bonchev–Trinajstić information content (AvgIpc) is 1.25. The number of carboxylic acid groups (broad SMARTS) is 1. The molecule has 0 radical (unpaired) electrons. The molecule has 1 N–H and O–H groups in total. The van der Waals surface area contributed by atoms with Crippen LogP contribution in [0.5, 0.6) is 0 Å². The van der Waals surface area contributed by atoms with E-state index in [2.05, 4.69) is 0 Å². The highest BCUT2D eigenvalue weighted by Crippen LogP contribution is 1.34.